The van der Waals surface area contributed by atoms with Crippen molar-refractivity contribution < 1.29 is 0 Å². The van der Waals surface area contributed by atoms with Gasteiger partial charge >= 0.3 is 0 Å². The van der Waals surface area contributed by atoms with Gasteiger partial charge in [0.1, 0.15) is 5.82 Å². The van der Waals surface area contributed by atoms with Gasteiger partial charge in [-0.2, -0.15) is 5.10 Å². The van der Waals surface area contributed by atoms with Crippen LogP contribution in [0.3, 0.4) is 0 Å². The normalized spacial score (nSPS) is 17.1. The first kappa shape index (κ1) is 14.9. The van der Waals surface area contributed by atoms with Gasteiger partial charge in [0.05, 0.1) is 11.9 Å². The summed E-state index contributed by atoms with van der Waals surface area (Å²) in [7, 11) is 0. The standard InChI is InChI=1S/C21H21N3/c1-16-23-21(18-9-3-2-4-10-18)15-24(16)22-14-19-12-7-11-17-8-5-6-13-20(17)19/h2-6,8-10,13-15,19H,7,11-12H2,1H3/b22-14+. The van der Waals surface area contributed by atoms with Crippen molar-refractivity contribution in [3.63, 3.8) is 0 Å². The summed E-state index contributed by atoms with van der Waals surface area (Å²) in [5, 5.41) is 4.70. The lowest BCUT2D eigenvalue weighted by Gasteiger charge is -2.22. The van der Waals surface area contributed by atoms with E-state index in [-0.39, 0.29) is 0 Å². The Hall–Kier alpha value is -2.68. The molecule has 4 rings (SSSR count). The molecule has 0 saturated carbocycles. The van der Waals surface area contributed by atoms with Gasteiger partial charge in [0.2, 0.25) is 0 Å². The Balaban J connectivity index is 1.60. The Morgan fingerprint density at radius 1 is 1.08 bits per heavy atom. The molecule has 0 aliphatic heterocycles. The van der Waals surface area contributed by atoms with E-state index in [9.17, 15) is 0 Å². The minimum Gasteiger partial charge on any atom is -0.232 e. The lowest BCUT2D eigenvalue weighted by Crippen LogP contribution is -2.11. The molecule has 1 atom stereocenters. The largest absolute Gasteiger partial charge is 0.232 e. The number of hydrogen-bond acceptors (Lipinski definition) is 2. The third kappa shape index (κ3) is 2.90. The van der Waals surface area contributed by atoms with E-state index < -0.39 is 0 Å². The van der Waals surface area contributed by atoms with Gasteiger partial charge in [0, 0.05) is 17.7 Å². The zero-order chi connectivity index (χ0) is 16.4. The van der Waals surface area contributed by atoms with Gasteiger partial charge in [0.15, 0.2) is 0 Å². The second kappa shape index (κ2) is 6.44. The van der Waals surface area contributed by atoms with Crippen molar-refractivity contribution in [2.45, 2.75) is 32.1 Å². The summed E-state index contributed by atoms with van der Waals surface area (Å²) in [6.45, 7) is 2.00. The monoisotopic (exact) mass is 315 g/mol. The molecule has 0 fully saturated rings. The van der Waals surface area contributed by atoms with Crippen LogP contribution in [-0.4, -0.2) is 15.9 Å². The highest BCUT2D eigenvalue weighted by molar-refractivity contribution is 5.69. The molecule has 1 aliphatic carbocycles. The van der Waals surface area contributed by atoms with Crippen molar-refractivity contribution in [1.29, 1.82) is 0 Å². The Morgan fingerprint density at radius 2 is 1.88 bits per heavy atom. The number of fused-ring (bicyclic) bond motifs is 1. The van der Waals surface area contributed by atoms with Crippen molar-refractivity contribution >= 4 is 6.21 Å². The highest BCUT2D eigenvalue weighted by Gasteiger charge is 2.18. The Labute approximate surface area is 142 Å². The summed E-state index contributed by atoms with van der Waals surface area (Å²) in [6.07, 6.45) is 7.67. The van der Waals surface area contributed by atoms with Crippen LogP contribution in [0.15, 0.2) is 65.9 Å². The third-order valence-electron chi connectivity index (χ3n) is 4.71. The van der Waals surface area contributed by atoms with Gasteiger partial charge in [-0.3, -0.25) is 0 Å². The van der Waals surface area contributed by atoms with Crippen molar-refractivity contribution in [3.05, 3.63) is 77.7 Å². The van der Waals surface area contributed by atoms with Crippen LogP contribution in [0.2, 0.25) is 0 Å². The maximum Gasteiger partial charge on any atom is 0.127 e. The van der Waals surface area contributed by atoms with Crippen molar-refractivity contribution in [3.8, 4) is 11.3 Å². The number of aryl methyl sites for hydroxylation is 2. The molecule has 3 nitrogen and oxygen atoms in total. The third-order valence-corrected chi connectivity index (χ3v) is 4.71. The SMILES string of the molecule is Cc1nc(-c2ccccc2)cn1/N=C/C1CCCc2ccccc21. The van der Waals surface area contributed by atoms with Gasteiger partial charge in [-0.15, -0.1) is 0 Å². The predicted molar refractivity (Wildman–Crippen MR) is 98.4 cm³/mol. The molecule has 0 spiro atoms. The fraction of sp³-hybridized carbons (Fsp3) is 0.238. The first-order chi connectivity index (χ1) is 11.8. The molecule has 0 radical (unpaired) electrons. The number of imidazole rings is 1. The van der Waals surface area contributed by atoms with E-state index in [1.165, 1.54) is 30.4 Å². The van der Waals surface area contributed by atoms with E-state index in [2.05, 4.69) is 47.6 Å². The molecular weight excluding hydrogens is 294 g/mol. The number of rotatable bonds is 3. The van der Waals surface area contributed by atoms with Crippen LogP contribution in [0.5, 0.6) is 0 Å². The van der Waals surface area contributed by atoms with E-state index in [1.54, 1.807) is 0 Å². The molecule has 1 aromatic heterocycles. The van der Waals surface area contributed by atoms with Crippen LogP contribution < -0.4 is 0 Å². The van der Waals surface area contributed by atoms with Gasteiger partial charge in [-0.1, -0.05) is 54.6 Å². The molecule has 120 valence electrons. The topological polar surface area (TPSA) is 30.2 Å². The summed E-state index contributed by atoms with van der Waals surface area (Å²) < 4.78 is 1.89. The summed E-state index contributed by atoms with van der Waals surface area (Å²) in [4.78, 5) is 4.64. The van der Waals surface area contributed by atoms with Crippen molar-refractivity contribution in [2.75, 3.05) is 0 Å². The first-order valence-electron chi connectivity index (χ1n) is 8.55. The lowest BCUT2D eigenvalue weighted by molar-refractivity contribution is 0.651. The molecule has 1 heterocycles. The molecule has 0 amide bonds. The summed E-state index contributed by atoms with van der Waals surface area (Å²) in [5.41, 5.74) is 4.98. The number of nitrogens with zero attached hydrogens (tertiary/aromatic N) is 3. The van der Waals surface area contributed by atoms with Crippen LogP contribution >= 0.6 is 0 Å². The highest BCUT2D eigenvalue weighted by atomic mass is 15.4. The van der Waals surface area contributed by atoms with E-state index >= 15 is 0 Å². The van der Waals surface area contributed by atoms with E-state index in [4.69, 9.17) is 5.10 Å². The Bertz CT molecular complexity index is 862. The van der Waals surface area contributed by atoms with Crippen LogP contribution in [0, 0.1) is 6.92 Å². The average molecular weight is 315 g/mol. The van der Waals surface area contributed by atoms with Crippen LogP contribution in [0.4, 0.5) is 0 Å². The second-order valence-corrected chi connectivity index (χ2v) is 6.35. The fourth-order valence-electron chi connectivity index (χ4n) is 3.43. The van der Waals surface area contributed by atoms with Crippen LogP contribution in [0.1, 0.15) is 35.7 Å². The zero-order valence-electron chi connectivity index (χ0n) is 13.9. The lowest BCUT2D eigenvalue weighted by atomic mass is 9.84. The van der Waals surface area contributed by atoms with E-state index in [1.807, 2.05) is 36.0 Å². The number of aromatic nitrogens is 2. The second-order valence-electron chi connectivity index (χ2n) is 6.35. The quantitative estimate of drug-likeness (QED) is 0.638. The summed E-state index contributed by atoms with van der Waals surface area (Å²) in [5.74, 6) is 1.31. The van der Waals surface area contributed by atoms with Gasteiger partial charge in [0.25, 0.3) is 0 Å². The molecule has 3 heteroatoms. The van der Waals surface area contributed by atoms with Gasteiger partial charge < -0.3 is 0 Å². The van der Waals surface area contributed by atoms with Crippen LogP contribution in [0.25, 0.3) is 11.3 Å². The van der Waals surface area contributed by atoms with Gasteiger partial charge in [-0.25, -0.2) is 9.66 Å². The number of hydrogen-bond donors (Lipinski definition) is 0. The molecule has 2 aromatic carbocycles. The first-order valence-corrected chi connectivity index (χ1v) is 8.55. The van der Waals surface area contributed by atoms with Crippen molar-refractivity contribution in [1.82, 2.24) is 9.66 Å². The summed E-state index contributed by atoms with van der Waals surface area (Å²) >= 11 is 0. The smallest absolute Gasteiger partial charge is 0.127 e. The Kier molecular flexibility index (Phi) is 3.99. The highest BCUT2D eigenvalue weighted by Crippen LogP contribution is 2.30. The molecule has 0 bridgehead atoms. The molecule has 0 saturated heterocycles. The molecule has 3 aromatic rings. The van der Waals surface area contributed by atoms with E-state index in [0.29, 0.717) is 5.92 Å². The molecular formula is C21H21N3. The predicted octanol–water partition coefficient (Wildman–Crippen LogP) is 4.81. The van der Waals surface area contributed by atoms with E-state index in [0.717, 1.165) is 17.1 Å². The van der Waals surface area contributed by atoms with Crippen molar-refractivity contribution in [2.24, 2.45) is 5.10 Å². The number of benzene rings is 2. The summed E-state index contributed by atoms with van der Waals surface area (Å²) in [6, 6.07) is 19.0. The van der Waals surface area contributed by atoms with Gasteiger partial charge in [-0.05, 0) is 37.3 Å². The minimum atomic E-state index is 0.400. The maximum absolute atomic E-state index is 4.70. The fourth-order valence-corrected chi connectivity index (χ4v) is 3.43. The minimum absolute atomic E-state index is 0.400. The molecule has 0 N–H and O–H groups in total. The Morgan fingerprint density at radius 3 is 2.75 bits per heavy atom. The maximum atomic E-state index is 4.70. The molecule has 24 heavy (non-hydrogen) atoms. The zero-order valence-corrected chi connectivity index (χ0v) is 13.9. The van der Waals surface area contributed by atoms with Crippen LogP contribution in [-0.2, 0) is 6.42 Å². The average Bonchev–Trinajstić information content (AvgIpc) is 3.01. The molecule has 1 aliphatic rings. The molecule has 1 unspecified atom stereocenters.